The number of hydrogen-bond donors (Lipinski definition) is 0. The molecule has 0 amide bonds. The van der Waals surface area contributed by atoms with Crippen LogP contribution in [0.15, 0.2) is 0 Å². The maximum absolute atomic E-state index is 2.44. The summed E-state index contributed by atoms with van der Waals surface area (Å²) >= 11 is 0. The summed E-state index contributed by atoms with van der Waals surface area (Å²) in [5, 5.41) is 0. The van der Waals surface area contributed by atoms with Gasteiger partial charge in [-0.15, -0.1) is 0 Å². The SMILES string of the molecule is C[CH]CC(C)CC(CCC)CC(CCC)CC(C)C[CH]C. The molecule has 126 valence electrons. The molecule has 0 aliphatic carbocycles. The van der Waals surface area contributed by atoms with Crippen molar-refractivity contribution in [3.8, 4) is 0 Å². The minimum atomic E-state index is 0.871. The Morgan fingerprint density at radius 1 is 0.667 bits per heavy atom. The van der Waals surface area contributed by atoms with Crippen molar-refractivity contribution in [2.75, 3.05) is 0 Å². The molecule has 0 saturated heterocycles. The van der Waals surface area contributed by atoms with E-state index in [4.69, 9.17) is 0 Å². The van der Waals surface area contributed by atoms with E-state index in [9.17, 15) is 0 Å². The molecule has 0 aromatic carbocycles. The molecule has 2 radical (unpaired) electrons. The van der Waals surface area contributed by atoms with Crippen molar-refractivity contribution in [1.29, 1.82) is 0 Å². The zero-order valence-corrected chi connectivity index (χ0v) is 15.8. The van der Waals surface area contributed by atoms with E-state index in [1.54, 1.807) is 0 Å². The summed E-state index contributed by atoms with van der Waals surface area (Å²) in [5.74, 6) is 3.66. The molecular formula is C21H42. The molecule has 0 spiro atoms. The van der Waals surface area contributed by atoms with Gasteiger partial charge in [0, 0.05) is 0 Å². The van der Waals surface area contributed by atoms with Crippen LogP contribution >= 0.6 is 0 Å². The second-order valence-corrected chi connectivity index (χ2v) is 7.51. The maximum Gasteiger partial charge on any atom is -0.0409 e. The van der Waals surface area contributed by atoms with Gasteiger partial charge in [0.1, 0.15) is 0 Å². The smallest absolute Gasteiger partial charge is 0.0409 e. The first-order chi connectivity index (χ1) is 10.1. The highest BCUT2D eigenvalue weighted by Crippen LogP contribution is 2.32. The van der Waals surface area contributed by atoms with Crippen molar-refractivity contribution in [3.63, 3.8) is 0 Å². The van der Waals surface area contributed by atoms with Crippen LogP contribution in [-0.2, 0) is 0 Å². The number of hydrogen-bond acceptors (Lipinski definition) is 0. The molecule has 4 atom stereocenters. The molecule has 21 heavy (non-hydrogen) atoms. The Kier molecular flexibility index (Phi) is 13.6. The van der Waals surface area contributed by atoms with Gasteiger partial charge in [0.2, 0.25) is 0 Å². The van der Waals surface area contributed by atoms with Gasteiger partial charge in [0.15, 0.2) is 0 Å². The normalized spacial score (nSPS) is 17.4. The molecule has 0 fully saturated rings. The summed E-state index contributed by atoms with van der Waals surface area (Å²) in [5.41, 5.74) is 0. The van der Waals surface area contributed by atoms with Crippen LogP contribution in [-0.4, -0.2) is 0 Å². The quantitative estimate of drug-likeness (QED) is 0.311. The fourth-order valence-electron chi connectivity index (χ4n) is 4.09. The summed E-state index contributed by atoms with van der Waals surface area (Å²) in [4.78, 5) is 0. The molecule has 0 aromatic heterocycles. The molecule has 0 heterocycles. The van der Waals surface area contributed by atoms with E-state index in [0.717, 1.165) is 23.7 Å². The van der Waals surface area contributed by atoms with Crippen LogP contribution in [0, 0.1) is 36.5 Å². The number of rotatable bonds is 14. The first-order valence-electron chi connectivity index (χ1n) is 9.62. The highest BCUT2D eigenvalue weighted by atomic mass is 14.2. The fraction of sp³-hybridized carbons (Fsp3) is 0.905. The van der Waals surface area contributed by atoms with Crippen molar-refractivity contribution < 1.29 is 0 Å². The molecule has 0 N–H and O–H groups in total. The molecule has 0 rings (SSSR count). The van der Waals surface area contributed by atoms with Crippen LogP contribution < -0.4 is 0 Å². The zero-order valence-electron chi connectivity index (χ0n) is 15.8. The van der Waals surface area contributed by atoms with Crippen molar-refractivity contribution >= 4 is 0 Å². The molecule has 4 unspecified atom stereocenters. The van der Waals surface area contributed by atoms with E-state index >= 15 is 0 Å². The minimum absolute atomic E-state index is 0.871. The van der Waals surface area contributed by atoms with Gasteiger partial charge in [0.25, 0.3) is 0 Å². The third-order valence-corrected chi connectivity index (χ3v) is 4.81. The average molecular weight is 295 g/mol. The van der Waals surface area contributed by atoms with Crippen LogP contribution in [0.4, 0.5) is 0 Å². The van der Waals surface area contributed by atoms with Gasteiger partial charge in [-0.1, -0.05) is 67.2 Å². The van der Waals surface area contributed by atoms with Crippen molar-refractivity contribution in [3.05, 3.63) is 12.8 Å². The lowest BCUT2D eigenvalue weighted by atomic mass is 9.79. The fourth-order valence-corrected chi connectivity index (χ4v) is 4.09. The Morgan fingerprint density at radius 2 is 1.05 bits per heavy atom. The molecule has 0 aromatic rings. The van der Waals surface area contributed by atoms with E-state index in [1.807, 2.05) is 0 Å². The summed E-state index contributed by atoms with van der Waals surface area (Å²) < 4.78 is 0. The first kappa shape index (κ1) is 21.0. The second kappa shape index (κ2) is 13.6. The van der Waals surface area contributed by atoms with Gasteiger partial charge >= 0.3 is 0 Å². The predicted octanol–water partition coefficient (Wildman–Crippen LogP) is 7.49. The highest BCUT2D eigenvalue weighted by Gasteiger charge is 2.19. The van der Waals surface area contributed by atoms with E-state index < -0.39 is 0 Å². The standard InChI is InChI=1S/C21H42/c1-7-11-18(5)15-20(13-9-3)17-21(14-10-4)16-19(6)12-8-2/h7-8,18-21H,9-17H2,1-6H3. The van der Waals surface area contributed by atoms with Gasteiger partial charge < -0.3 is 0 Å². The van der Waals surface area contributed by atoms with Gasteiger partial charge in [-0.3, -0.25) is 0 Å². The van der Waals surface area contributed by atoms with Crippen LogP contribution in [0.1, 0.15) is 99.3 Å². The van der Waals surface area contributed by atoms with Gasteiger partial charge in [-0.2, -0.15) is 0 Å². The third-order valence-electron chi connectivity index (χ3n) is 4.81. The Hall–Kier alpha value is 0. The molecule has 0 bridgehead atoms. The largest absolute Gasteiger partial charge is 0.0654 e. The van der Waals surface area contributed by atoms with E-state index in [2.05, 4.69) is 54.4 Å². The monoisotopic (exact) mass is 294 g/mol. The molecule has 0 aliphatic heterocycles. The molecule has 0 aliphatic rings. The van der Waals surface area contributed by atoms with Gasteiger partial charge in [-0.05, 0) is 68.6 Å². The third kappa shape index (κ3) is 11.2. The topological polar surface area (TPSA) is 0 Å². The van der Waals surface area contributed by atoms with Crippen LogP contribution in [0.2, 0.25) is 0 Å². The molecule has 0 saturated carbocycles. The summed E-state index contributed by atoms with van der Waals surface area (Å²) in [6.45, 7) is 14.0. The molecular weight excluding hydrogens is 252 g/mol. The van der Waals surface area contributed by atoms with E-state index in [1.165, 1.54) is 57.8 Å². The predicted molar refractivity (Wildman–Crippen MR) is 98.2 cm³/mol. The minimum Gasteiger partial charge on any atom is -0.0654 e. The lowest BCUT2D eigenvalue weighted by Crippen LogP contribution is -2.15. The Balaban J connectivity index is 4.42. The molecule has 0 nitrogen and oxygen atoms in total. The first-order valence-corrected chi connectivity index (χ1v) is 9.62. The average Bonchev–Trinajstić information content (AvgIpc) is 2.39. The zero-order chi connectivity index (χ0) is 16.1. The Bertz CT molecular complexity index is 186. The highest BCUT2D eigenvalue weighted by molar-refractivity contribution is 4.74. The summed E-state index contributed by atoms with van der Waals surface area (Å²) in [7, 11) is 0. The maximum atomic E-state index is 2.44. The lowest BCUT2D eigenvalue weighted by molar-refractivity contribution is 0.253. The van der Waals surface area contributed by atoms with E-state index in [-0.39, 0.29) is 0 Å². The Labute approximate surface area is 136 Å². The van der Waals surface area contributed by atoms with Crippen LogP contribution in [0.5, 0.6) is 0 Å². The van der Waals surface area contributed by atoms with Crippen LogP contribution in [0.3, 0.4) is 0 Å². The van der Waals surface area contributed by atoms with Crippen LogP contribution in [0.25, 0.3) is 0 Å². The van der Waals surface area contributed by atoms with Gasteiger partial charge in [-0.25, -0.2) is 0 Å². The van der Waals surface area contributed by atoms with Crippen molar-refractivity contribution in [2.45, 2.75) is 99.3 Å². The van der Waals surface area contributed by atoms with Gasteiger partial charge in [0.05, 0.1) is 0 Å². The summed E-state index contributed by atoms with van der Waals surface area (Å²) in [6, 6.07) is 0. The molecule has 0 heteroatoms. The second-order valence-electron chi connectivity index (χ2n) is 7.51. The Morgan fingerprint density at radius 3 is 1.33 bits per heavy atom. The van der Waals surface area contributed by atoms with Crippen molar-refractivity contribution in [1.82, 2.24) is 0 Å². The summed E-state index contributed by atoms with van der Waals surface area (Å²) in [6.07, 6.45) is 17.2. The van der Waals surface area contributed by atoms with E-state index in [0.29, 0.717) is 0 Å². The van der Waals surface area contributed by atoms with Crippen molar-refractivity contribution in [2.24, 2.45) is 23.7 Å². The lowest BCUT2D eigenvalue weighted by Gasteiger charge is -2.27.